The molecule has 0 aromatic heterocycles. The first-order valence-corrected chi connectivity index (χ1v) is 7.07. The summed E-state index contributed by atoms with van der Waals surface area (Å²) in [5, 5.41) is 15.9. The van der Waals surface area contributed by atoms with Gasteiger partial charge < -0.3 is 15.7 Å². The van der Waals surface area contributed by atoms with Crippen molar-refractivity contribution in [2.75, 3.05) is 11.9 Å². The van der Waals surface area contributed by atoms with Crippen LogP contribution < -0.4 is 10.6 Å². The summed E-state index contributed by atoms with van der Waals surface area (Å²) < 4.78 is 0. The molecule has 0 bridgehead atoms. The summed E-state index contributed by atoms with van der Waals surface area (Å²) in [4.78, 5) is 12.2. The Labute approximate surface area is 123 Å². The number of hydrogen-bond acceptors (Lipinski definition) is 3. The highest BCUT2D eigenvalue weighted by atomic mass is 16.3. The Bertz CT molecular complexity index is 695. The minimum Gasteiger partial charge on any atom is -0.508 e. The highest BCUT2D eigenvalue weighted by molar-refractivity contribution is 6.04. The predicted molar refractivity (Wildman–Crippen MR) is 82.6 cm³/mol. The maximum atomic E-state index is 12.2. The van der Waals surface area contributed by atoms with Crippen molar-refractivity contribution in [1.29, 1.82) is 0 Å². The molecule has 0 aliphatic carbocycles. The second-order valence-corrected chi connectivity index (χ2v) is 5.37. The number of carbonyl (C=O) groups excluding carboxylic acids is 1. The Hall–Kier alpha value is -2.33. The van der Waals surface area contributed by atoms with E-state index in [1.165, 1.54) is 17.2 Å². The van der Waals surface area contributed by atoms with Crippen molar-refractivity contribution in [2.24, 2.45) is 0 Å². The Kier molecular flexibility index (Phi) is 3.62. The van der Waals surface area contributed by atoms with Gasteiger partial charge in [-0.2, -0.15) is 0 Å². The first-order chi connectivity index (χ1) is 10.1. The molecule has 1 amide bonds. The minimum absolute atomic E-state index is 0.136. The predicted octanol–water partition coefficient (Wildman–Crippen LogP) is 2.60. The number of nitrogens with one attached hydrogen (secondary N) is 2. The van der Waals surface area contributed by atoms with E-state index in [9.17, 15) is 9.90 Å². The van der Waals surface area contributed by atoms with Gasteiger partial charge in [0, 0.05) is 17.8 Å². The molecule has 2 aromatic carbocycles. The van der Waals surface area contributed by atoms with Crippen molar-refractivity contribution >= 4 is 11.6 Å². The van der Waals surface area contributed by atoms with Crippen LogP contribution >= 0.6 is 0 Å². The number of rotatable bonds is 2. The van der Waals surface area contributed by atoms with E-state index in [0.717, 1.165) is 30.8 Å². The molecular formula is C17H18N2O2. The second-order valence-electron chi connectivity index (χ2n) is 5.37. The fourth-order valence-corrected chi connectivity index (χ4v) is 2.51. The Morgan fingerprint density at radius 3 is 2.86 bits per heavy atom. The summed E-state index contributed by atoms with van der Waals surface area (Å²) in [6, 6.07) is 10.9. The number of amides is 1. The first kappa shape index (κ1) is 13.6. The maximum Gasteiger partial charge on any atom is 0.255 e. The average Bonchev–Trinajstić information content (AvgIpc) is 2.50. The third kappa shape index (κ3) is 2.90. The van der Waals surface area contributed by atoms with Gasteiger partial charge in [-0.3, -0.25) is 4.79 Å². The van der Waals surface area contributed by atoms with Crippen molar-refractivity contribution in [3.05, 3.63) is 58.7 Å². The molecule has 3 N–H and O–H groups in total. The Balaban J connectivity index is 1.79. The van der Waals surface area contributed by atoms with E-state index in [2.05, 4.69) is 16.7 Å². The SMILES string of the molecule is Cc1ccc(C(=O)Nc2ccc3c(c2)CNCC3)cc1O. The van der Waals surface area contributed by atoms with Crippen molar-refractivity contribution in [3.63, 3.8) is 0 Å². The van der Waals surface area contributed by atoms with Crippen molar-refractivity contribution < 1.29 is 9.90 Å². The topological polar surface area (TPSA) is 61.4 Å². The van der Waals surface area contributed by atoms with Gasteiger partial charge in [-0.05, 0) is 60.8 Å². The number of carbonyl (C=O) groups is 1. The molecule has 4 heteroatoms. The van der Waals surface area contributed by atoms with Gasteiger partial charge in [0.2, 0.25) is 0 Å². The van der Waals surface area contributed by atoms with E-state index in [-0.39, 0.29) is 11.7 Å². The zero-order valence-corrected chi connectivity index (χ0v) is 11.9. The van der Waals surface area contributed by atoms with Gasteiger partial charge in [-0.15, -0.1) is 0 Å². The van der Waals surface area contributed by atoms with Crippen LogP contribution in [0.4, 0.5) is 5.69 Å². The lowest BCUT2D eigenvalue weighted by atomic mass is 10.0. The average molecular weight is 282 g/mol. The molecule has 4 nitrogen and oxygen atoms in total. The van der Waals surface area contributed by atoms with E-state index >= 15 is 0 Å². The van der Waals surface area contributed by atoms with Crippen LogP contribution in [0, 0.1) is 6.92 Å². The highest BCUT2D eigenvalue weighted by Gasteiger charge is 2.12. The van der Waals surface area contributed by atoms with Crippen LogP contribution in [0.3, 0.4) is 0 Å². The molecule has 1 aliphatic heterocycles. The molecule has 0 unspecified atom stereocenters. The van der Waals surface area contributed by atoms with Crippen LogP contribution in [-0.4, -0.2) is 17.6 Å². The van der Waals surface area contributed by atoms with Gasteiger partial charge in [0.15, 0.2) is 0 Å². The molecule has 3 rings (SSSR count). The van der Waals surface area contributed by atoms with Crippen molar-refractivity contribution in [3.8, 4) is 5.75 Å². The van der Waals surface area contributed by atoms with Crippen molar-refractivity contribution in [1.82, 2.24) is 5.32 Å². The van der Waals surface area contributed by atoms with Gasteiger partial charge in [0.25, 0.3) is 5.91 Å². The number of phenols is 1. The molecule has 0 atom stereocenters. The molecule has 0 radical (unpaired) electrons. The highest BCUT2D eigenvalue weighted by Crippen LogP contribution is 2.21. The van der Waals surface area contributed by atoms with Gasteiger partial charge in [-0.1, -0.05) is 12.1 Å². The largest absolute Gasteiger partial charge is 0.508 e. The third-order valence-electron chi connectivity index (χ3n) is 3.82. The Morgan fingerprint density at radius 1 is 1.19 bits per heavy atom. The number of benzene rings is 2. The molecular weight excluding hydrogens is 264 g/mol. The lowest BCUT2D eigenvalue weighted by molar-refractivity contribution is 0.102. The van der Waals surface area contributed by atoms with E-state index in [4.69, 9.17) is 0 Å². The molecule has 0 saturated heterocycles. The molecule has 21 heavy (non-hydrogen) atoms. The smallest absolute Gasteiger partial charge is 0.255 e. The molecule has 0 fully saturated rings. The van der Waals surface area contributed by atoms with Crippen LogP contribution in [0.1, 0.15) is 27.0 Å². The van der Waals surface area contributed by atoms with Gasteiger partial charge in [-0.25, -0.2) is 0 Å². The summed E-state index contributed by atoms with van der Waals surface area (Å²) in [7, 11) is 0. The summed E-state index contributed by atoms with van der Waals surface area (Å²) in [6.45, 7) is 3.64. The number of aromatic hydroxyl groups is 1. The molecule has 1 aliphatic rings. The van der Waals surface area contributed by atoms with E-state index in [0.29, 0.717) is 5.56 Å². The minimum atomic E-state index is -0.214. The van der Waals surface area contributed by atoms with Crippen LogP contribution in [0.25, 0.3) is 0 Å². The second kappa shape index (κ2) is 5.58. The zero-order valence-electron chi connectivity index (χ0n) is 11.9. The quantitative estimate of drug-likeness (QED) is 0.793. The molecule has 108 valence electrons. The fraction of sp³-hybridized carbons (Fsp3) is 0.235. The molecule has 0 spiro atoms. The number of phenolic OH excluding ortho intramolecular Hbond substituents is 1. The third-order valence-corrected chi connectivity index (χ3v) is 3.82. The lowest BCUT2D eigenvalue weighted by Crippen LogP contribution is -2.23. The van der Waals surface area contributed by atoms with Crippen LogP contribution in [0.2, 0.25) is 0 Å². The van der Waals surface area contributed by atoms with Gasteiger partial charge >= 0.3 is 0 Å². The molecule has 2 aromatic rings. The zero-order chi connectivity index (χ0) is 14.8. The lowest BCUT2D eigenvalue weighted by Gasteiger charge is -2.18. The first-order valence-electron chi connectivity index (χ1n) is 7.07. The van der Waals surface area contributed by atoms with Crippen molar-refractivity contribution in [2.45, 2.75) is 19.9 Å². The van der Waals surface area contributed by atoms with Crippen LogP contribution in [-0.2, 0) is 13.0 Å². The summed E-state index contributed by atoms with van der Waals surface area (Å²) in [5.41, 5.74) is 4.55. The standard InChI is InChI=1S/C17H18N2O2/c1-11-2-3-13(9-16(11)20)17(21)19-15-5-4-12-6-7-18-10-14(12)8-15/h2-5,8-9,18,20H,6-7,10H2,1H3,(H,19,21). The van der Waals surface area contributed by atoms with Gasteiger partial charge in [0.1, 0.15) is 5.75 Å². The number of hydrogen-bond donors (Lipinski definition) is 3. The summed E-state index contributed by atoms with van der Waals surface area (Å²) in [5.74, 6) is -0.0775. The molecule has 0 saturated carbocycles. The number of fused-ring (bicyclic) bond motifs is 1. The number of anilines is 1. The number of aryl methyl sites for hydroxylation is 1. The maximum absolute atomic E-state index is 12.2. The monoisotopic (exact) mass is 282 g/mol. The summed E-state index contributed by atoms with van der Waals surface area (Å²) in [6.07, 6.45) is 1.02. The van der Waals surface area contributed by atoms with E-state index in [1.807, 2.05) is 12.1 Å². The fourth-order valence-electron chi connectivity index (χ4n) is 2.51. The Morgan fingerprint density at radius 2 is 2.05 bits per heavy atom. The van der Waals surface area contributed by atoms with Crippen LogP contribution in [0.5, 0.6) is 5.75 Å². The molecule has 1 heterocycles. The van der Waals surface area contributed by atoms with Crippen LogP contribution in [0.15, 0.2) is 36.4 Å². The van der Waals surface area contributed by atoms with E-state index < -0.39 is 0 Å². The van der Waals surface area contributed by atoms with E-state index in [1.54, 1.807) is 19.1 Å². The van der Waals surface area contributed by atoms with Gasteiger partial charge in [0.05, 0.1) is 0 Å². The summed E-state index contributed by atoms with van der Waals surface area (Å²) >= 11 is 0. The normalized spacial score (nSPS) is 13.6.